The summed E-state index contributed by atoms with van der Waals surface area (Å²) in [6.45, 7) is 10.4. The second kappa shape index (κ2) is 8.24. The zero-order valence-corrected chi connectivity index (χ0v) is 9.61. The highest BCUT2D eigenvalue weighted by Gasteiger charge is 2.18. The van der Waals surface area contributed by atoms with Crippen molar-refractivity contribution in [2.24, 2.45) is 5.73 Å². The average molecular weight is 210 g/mol. The zero-order valence-electron chi connectivity index (χ0n) is 9.61. The van der Waals surface area contributed by atoms with E-state index in [1.165, 1.54) is 0 Å². The van der Waals surface area contributed by atoms with Gasteiger partial charge in [0.15, 0.2) is 0 Å². The molecule has 0 aliphatic heterocycles. The van der Waals surface area contributed by atoms with Crippen molar-refractivity contribution in [2.45, 2.75) is 32.2 Å². The van der Waals surface area contributed by atoms with Gasteiger partial charge in [0.25, 0.3) is 0 Å². The Hall–Kier alpha value is -1.09. The van der Waals surface area contributed by atoms with Crippen LogP contribution in [0.4, 0.5) is 0 Å². The number of nitrogens with two attached hydrogens (primary N) is 1. The summed E-state index contributed by atoms with van der Waals surface area (Å²) in [5, 5.41) is 0. The van der Waals surface area contributed by atoms with Crippen LogP contribution in [-0.2, 0) is 4.79 Å². The highest BCUT2D eigenvalue weighted by Crippen LogP contribution is 2.03. The van der Waals surface area contributed by atoms with E-state index in [4.69, 9.17) is 5.73 Å². The van der Waals surface area contributed by atoms with Gasteiger partial charge >= 0.3 is 0 Å². The summed E-state index contributed by atoms with van der Waals surface area (Å²) in [4.78, 5) is 13.5. The molecule has 1 unspecified atom stereocenters. The molecule has 0 aromatic carbocycles. The lowest BCUT2D eigenvalue weighted by atomic mass is 10.1. The predicted molar refractivity (Wildman–Crippen MR) is 64.5 cm³/mol. The number of hydrogen-bond donors (Lipinski definition) is 1. The summed E-state index contributed by atoms with van der Waals surface area (Å²) in [6, 6.07) is -0.384. The smallest absolute Gasteiger partial charge is 0.240 e. The third-order valence-corrected chi connectivity index (χ3v) is 2.20. The van der Waals surface area contributed by atoms with E-state index in [2.05, 4.69) is 20.1 Å². The third kappa shape index (κ3) is 5.37. The molecule has 0 saturated heterocycles. The van der Waals surface area contributed by atoms with Gasteiger partial charge in [-0.1, -0.05) is 31.9 Å². The van der Waals surface area contributed by atoms with E-state index in [0.717, 1.165) is 19.3 Å². The summed E-state index contributed by atoms with van der Waals surface area (Å²) >= 11 is 0. The second-order valence-corrected chi connectivity index (χ2v) is 3.57. The van der Waals surface area contributed by atoms with Crippen LogP contribution in [0.1, 0.15) is 26.2 Å². The molecule has 0 aromatic heterocycles. The van der Waals surface area contributed by atoms with Gasteiger partial charge in [-0.2, -0.15) is 0 Å². The first-order valence-corrected chi connectivity index (χ1v) is 5.43. The van der Waals surface area contributed by atoms with Crippen LogP contribution in [0.15, 0.2) is 25.3 Å². The van der Waals surface area contributed by atoms with Crippen molar-refractivity contribution in [3.05, 3.63) is 25.3 Å². The molecule has 86 valence electrons. The van der Waals surface area contributed by atoms with Gasteiger partial charge in [0.05, 0.1) is 6.04 Å². The molecule has 0 rings (SSSR count). The first kappa shape index (κ1) is 13.9. The van der Waals surface area contributed by atoms with Gasteiger partial charge in [-0.25, -0.2) is 0 Å². The molecular weight excluding hydrogens is 188 g/mol. The fourth-order valence-corrected chi connectivity index (χ4v) is 1.35. The van der Waals surface area contributed by atoms with Crippen molar-refractivity contribution in [3.8, 4) is 0 Å². The Bertz CT molecular complexity index is 204. The van der Waals surface area contributed by atoms with Crippen LogP contribution in [-0.4, -0.2) is 29.9 Å². The molecular formula is C12H22N2O. The maximum absolute atomic E-state index is 11.8. The van der Waals surface area contributed by atoms with Gasteiger partial charge in [0.2, 0.25) is 5.91 Å². The summed E-state index contributed by atoms with van der Waals surface area (Å²) in [7, 11) is 0. The monoisotopic (exact) mass is 210 g/mol. The summed E-state index contributed by atoms with van der Waals surface area (Å²) in [5.74, 6) is -0.0109. The van der Waals surface area contributed by atoms with Gasteiger partial charge in [0, 0.05) is 13.1 Å². The third-order valence-electron chi connectivity index (χ3n) is 2.20. The van der Waals surface area contributed by atoms with E-state index >= 15 is 0 Å². The molecule has 0 bridgehead atoms. The number of carbonyl (C=O) groups is 1. The minimum absolute atomic E-state index is 0.0109. The van der Waals surface area contributed by atoms with Gasteiger partial charge in [0.1, 0.15) is 0 Å². The number of rotatable bonds is 8. The van der Waals surface area contributed by atoms with Gasteiger partial charge in [-0.15, -0.1) is 13.2 Å². The van der Waals surface area contributed by atoms with E-state index in [-0.39, 0.29) is 11.9 Å². The van der Waals surface area contributed by atoms with E-state index in [1.54, 1.807) is 17.1 Å². The first-order chi connectivity index (χ1) is 7.17. The first-order valence-electron chi connectivity index (χ1n) is 5.43. The highest BCUT2D eigenvalue weighted by atomic mass is 16.2. The Morgan fingerprint density at radius 2 is 1.93 bits per heavy atom. The number of unbranched alkanes of at least 4 members (excludes halogenated alkanes) is 1. The molecule has 0 aromatic rings. The molecule has 0 heterocycles. The lowest BCUT2D eigenvalue weighted by molar-refractivity contribution is -0.131. The fraction of sp³-hybridized carbons (Fsp3) is 0.583. The minimum Gasteiger partial charge on any atom is -0.334 e. The lowest BCUT2D eigenvalue weighted by Gasteiger charge is -2.23. The van der Waals surface area contributed by atoms with Crippen molar-refractivity contribution in [3.63, 3.8) is 0 Å². The van der Waals surface area contributed by atoms with Crippen LogP contribution in [0.2, 0.25) is 0 Å². The quantitative estimate of drug-likeness (QED) is 0.620. The molecule has 15 heavy (non-hydrogen) atoms. The molecule has 1 atom stereocenters. The van der Waals surface area contributed by atoms with Crippen molar-refractivity contribution in [1.82, 2.24) is 4.90 Å². The van der Waals surface area contributed by atoms with Crippen LogP contribution in [0.25, 0.3) is 0 Å². The Kier molecular flexibility index (Phi) is 7.64. The molecule has 0 spiro atoms. The van der Waals surface area contributed by atoms with Gasteiger partial charge in [-0.05, 0) is 6.42 Å². The van der Waals surface area contributed by atoms with Gasteiger partial charge in [-0.3, -0.25) is 4.79 Å². The maximum Gasteiger partial charge on any atom is 0.240 e. The predicted octanol–water partition coefficient (Wildman–Crippen LogP) is 1.70. The normalized spacial score (nSPS) is 11.9. The summed E-state index contributed by atoms with van der Waals surface area (Å²) in [6.07, 6.45) is 6.20. The van der Waals surface area contributed by atoms with Crippen LogP contribution < -0.4 is 5.73 Å². The van der Waals surface area contributed by atoms with Crippen molar-refractivity contribution >= 4 is 5.91 Å². The summed E-state index contributed by atoms with van der Waals surface area (Å²) < 4.78 is 0. The van der Waals surface area contributed by atoms with Crippen LogP contribution >= 0.6 is 0 Å². The Balaban J connectivity index is 4.20. The second-order valence-electron chi connectivity index (χ2n) is 3.57. The zero-order chi connectivity index (χ0) is 11.7. The number of hydrogen-bond acceptors (Lipinski definition) is 2. The Morgan fingerprint density at radius 3 is 2.33 bits per heavy atom. The summed E-state index contributed by atoms with van der Waals surface area (Å²) in [5.41, 5.74) is 5.80. The lowest BCUT2D eigenvalue weighted by Crippen LogP contribution is -2.43. The standard InChI is InChI=1S/C12H22N2O/c1-4-7-8-11(13)12(15)14(9-5-2)10-6-3/h5-6,11H,2-4,7-10,13H2,1H3. The van der Waals surface area contributed by atoms with Crippen molar-refractivity contribution < 1.29 is 4.79 Å². The number of nitrogens with zero attached hydrogens (tertiary/aromatic N) is 1. The SMILES string of the molecule is C=CCN(CC=C)C(=O)C(N)CCCC. The van der Waals surface area contributed by atoms with Crippen molar-refractivity contribution in [2.75, 3.05) is 13.1 Å². The van der Waals surface area contributed by atoms with Crippen LogP contribution in [0, 0.1) is 0 Å². The fourth-order valence-electron chi connectivity index (χ4n) is 1.35. The van der Waals surface area contributed by atoms with E-state index < -0.39 is 0 Å². The van der Waals surface area contributed by atoms with Crippen LogP contribution in [0.5, 0.6) is 0 Å². The van der Waals surface area contributed by atoms with E-state index in [9.17, 15) is 4.79 Å². The van der Waals surface area contributed by atoms with Gasteiger partial charge < -0.3 is 10.6 Å². The van der Waals surface area contributed by atoms with Crippen LogP contribution in [0.3, 0.4) is 0 Å². The van der Waals surface area contributed by atoms with E-state index in [1.807, 2.05) is 0 Å². The largest absolute Gasteiger partial charge is 0.334 e. The molecule has 0 radical (unpaired) electrons. The number of carbonyl (C=O) groups excluding carboxylic acids is 1. The maximum atomic E-state index is 11.8. The Morgan fingerprint density at radius 1 is 1.40 bits per heavy atom. The molecule has 3 heteroatoms. The molecule has 0 aliphatic rings. The average Bonchev–Trinajstić information content (AvgIpc) is 2.24. The molecule has 0 saturated carbocycles. The highest BCUT2D eigenvalue weighted by molar-refractivity contribution is 5.81. The molecule has 3 nitrogen and oxygen atoms in total. The van der Waals surface area contributed by atoms with Crippen molar-refractivity contribution in [1.29, 1.82) is 0 Å². The molecule has 1 amide bonds. The topological polar surface area (TPSA) is 46.3 Å². The number of amides is 1. The minimum atomic E-state index is -0.384. The molecule has 0 aliphatic carbocycles. The van der Waals surface area contributed by atoms with E-state index in [0.29, 0.717) is 13.1 Å². The molecule has 0 fully saturated rings. The molecule has 2 N–H and O–H groups in total. The Labute approximate surface area is 92.6 Å².